The van der Waals surface area contributed by atoms with Crippen LogP contribution < -0.4 is 5.32 Å². The normalized spacial score (nSPS) is 15.0. The van der Waals surface area contributed by atoms with Crippen LogP contribution in [0, 0.1) is 0 Å². The summed E-state index contributed by atoms with van der Waals surface area (Å²) in [5, 5.41) is 8.84. The average Bonchev–Trinajstić information content (AvgIpc) is 3.64. The molecule has 1 unspecified atom stereocenters. The number of nitrogens with one attached hydrogen (secondary N) is 1. The zero-order chi connectivity index (χ0) is 29.0. The van der Waals surface area contributed by atoms with Crippen molar-refractivity contribution in [3.8, 4) is 11.1 Å². The van der Waals surface area contributed by atoms with Gasteiger partial charge < -0.3 is 5.32 Å². The summed E-state index contributed by atoms with van der Waals surface area (Å²) in [4.78, 5) is 5.24. The molecule has 1 N–H and O–H groups in total. The van der Waals surface area contributed by atoms with Crippen LogP contribution in [0.5, 0.6) is 0 Å². The summed E-state index contributed by atoms with van der Waals surface area (Å²) >= 11 is 1.86. The summed E-state index contributed by atoms with van der Waals surface area (Å²) in [6.45, 7) is 0. The molecule has 0 fully saturated rings. The molecule has 0 saturated carbocycles. The molecule has 2 aromatic heterocycles. The maximum atomic E-state index is 5.24. The highest BCUT2D eigenvalue weighted by molar-refractivity contribution is 7.25. The van der Waals surface area contributed by atoms with E-state index in [4.69, 9.17) is 4.99 Å². The molecule has 0 aliphatic carbocycles. The van der Waals surface area contributed by atoms with Gasteiger partial charge in [-0.2, -0.15) is 0 Å². The van der Waals surface area contributed by atoms with Gasteiger partial charge in [0, 0.05) is 36.5 Å². The minimum atomic E-state index is -0.0125. The molecule has 1 aliphatic heterocycles. The fourth-order valence-electron chi connectivity index (χ4n) is 6.53. The van der Waals surface area contributed by atoms with Crippen LogP contribution >= 0.6 is 11.3 Å². The van der Waals surface area contributed by atoms with Crippen LogP contribution in [0.4, 0.5) is 0 Å². The fraction of sp³-hybridized carbons (Fsp3) is 0.0250. The first kappa shape index (κ1) is 25.1. The van der Waals surface area contributed by atoms with Crippen molar-refractivity contribution in [3.63, 3.8) is 0 Å². The third kappa shape index (κ3) is 4.07. The maximum absolute atomic E-state index is 5.24. The molecule has 0 bridgehead atoms. The predicted molar refractivity (Wildman–Crippen MR) is 187 cm³/mol. The van der Waals surface area contributed by atoms with E-state index in [9.17, 15) is 0 Å². The van der Waals surface area contributed by atoms with Gasteiger partial charge in [0.05, 0.1) is 22.8 Å². The van der Waals surface area contributed by atoms with Crippen LogP contribution in [0.2, 0.25) is 0 Å². The van der Waals surface area contributed by atoms with Crippen LogP contribution in [0.1, 0.15) is 17.2 Å². The number of rotatable bonds is 3. The average molecular weight is 582 g/mol. The monoisotopic (exact) mass is 581 g/mol. The molecular weight excluding hydrogens is 555 g/mol. The molecule has 0 radical (unpaired) electrons. The largest absolute Gasteiger partial charge is 0.345 e. The Morgan fingerprint density at radius 2 is 1.16 bits per heavy atom. The Balaban J connectivity index is 1.22. The first-order valence-corrected chi connectivity index (χ1v) is 15.7. The first-order chi connectivity index (χ1) is 21.8. The van der Waals surface area contributed by atoms with Crippen molar-refractivity contribution in [1.29, 1.82) is 0 Å². The number of para-hydroxylation sites is 1. The zero-order valence-electron chi connectivity index (χ0n) is 23.8. The number of fused-ring (bicyclic) bond motifs is 6. The van der Waals surface area contributed by atoms with Crippen molar-refractivity contribution in [1.82, 2.24) is 9.88 Å². The van der Waals surface area contributed by atoms with Gasteiger partial charge >= 0.3 is 0 Å². The molecule has 0 amide bonds. The quantitative estimate of drug-likeness (QED) is 0.221. The third-order valence-corrected chi connectivity index (χ3v) is 9.81. The zero-order valence-corrected chi connectivity index (χ0v) is 24.6. The number of benzene rings is 6. The predicted octanol–water partition coefficient (Wildman–Crippen LogP) is 10.4. The second kappa shape index (κ2) is 10.1. The van der Waals surface area contributed by atoms with Crippen molar-refractivity contribution in [2.75, 3.05) is 0 Å². The molecule has 4 heteroatoms. The standard InChI is InChI=1S/C40H27N3S/c1-3-11-26(12-4-1)34-25-35(27-13-5-2-6-14-27)42-40(41-34)43-36-17-9-7-15-30(36)32-23-28(19-21-37(32)43)29-20-22-39-33(24-29)31-16-8-10-18-38(31)44-39/h1-25,34H,(H,41,42). The van der Waals surface area contributed by atoms with Crippen molar-refractivity contribution in [3.05, 3.63) is 163 Å². The molecule has 1 atom stereocenters. The minimum absolute atomic E-state index is 0.0125. The van der Waals surface area contributed by atoms with Crippen LogP contribution in [-0.2, 0) is 0 Å². The number of hydrogen-bond acceptors (Lipinski definition) is 3. The van der Waals surface area contributed by atoms with Gasteiger partial charge in [-0.25, -0.2) is 4.99 Å². The van der Waals surface area contributed by atoms with E-state index in [1.54, 1.807) is 0 Å². The maximum Gasteiger partial charge on any atom is 0.209 e. The van der Waals surface area contributed by atoms with Gasteiger partial charge in [0.1, 0.15) is 0 Å². The Kier molecular flexibility index (Phi) is 5.75. The Bertz CT molecular complexity index is 2410. The van der Waals surface area contributed by atoms with E-state index < -0.39 is 0 Å². The Morgan fingerprint density at radius 1 is 0.523 bits per heavy atom. The van der Waals surface area contributed by atoms with Gasteiger partial charge in [-0.05, 0) is 59.2 Å². The van der Waals surface area contributed by atoms with Gasteiger partial charge in [-0.3, -0.25) is 4.57 Å². The molecule has 3 heterocycles. The van der Waals surface area contributed by atoms with Crippen LogP contribution in [0.25, 0.3) is 58.8 Å². The molecular formula is C40H27N3S. The van der Waals surface area contributed by atoms with Gasteiger partial charge in [-0.15, -0.1) is 11.3 Å². The van der Waals surface area contributed by atoms with Gasteiger partial charge in [0.25, 0.3) is 0 Å². The van der Waals surface area contributed by atoms with E-state index in [-0.39, 0.29) is 6.04 Å². The topological polar surface area (TPSA) is 29.3 Å². The Hall–Kier alpha value is -5.45. The number of thiophene rings is 1. The lowest BCUT2D eigenvalue weighted by molar-refractivity contribution is 0.760. The van der Waals surface area contributed by atoms with Crippen molar-refractivity contribution >= 4 is 65.0 Å². The smallest absolute Gasteiger partial charge is 0.209 e. The highest BCUT2D eigenvalue weighted by atomic mass is 32.1. The van der Waals surface area contributed by atoms with Gasteiger partial charge in [0.15, 0.2) is 0 Å². The number of nitrogens with zero attached hydrogens (tertiary/aromatic N) is 2. The Morgan fingerprint density at radius 3 is 2.00 bits per heavy atom. The second-order valence-electron chi connectivity index (χ2n) is 11.3. The minimum Gasteiger partial charge on any atom is -0.345 e. The van der Waals surface area contributed by atoms with E-state index >= 15 is 0 Å². The van der Waals surface area contributed by atoms with Crippen molar-refractivity contribution in [2.24, 2.45) is 4.99 Å². The summed E-state index contributed by atoms with van der Waals surface area (Å²) in [6, 6.07) is 52.1. The third-order valence-electron chi connectivity index (χ3n) is 8.66. The molecule has 3 nitrogen and oxygen atoms in total. The molecule has 9 rings (SSSR count). The van der Waals surface area contributed by atoms with Gasteiger partial charge in [-0.1, -0.05) is 109 Å². The molecule has 1 aliphatic rings. The van der Waals surface area contributed by atoms with Crippen molar-refractivity contribution < 1.29 is 0 Å². The SMILES string of the molecule is C1=C(c2ccccc2)N=C(n2c3ccccc3c3cc(-c4ccc5sc6ccccc6c5c4)ccc32)NC1c1ccccc1. The lowest BCUT2D eigenvalue weighted by Gasteiger charge is -2.25. The number of aliphatic imine (C=N–C) groups is 1. The lowest BCUT2D eigenvalue weighted by Crippen LogP contribution is -2.35. The van der Waals surface area contributed by atoms with E-state index in [0.29, 0.717) is 0 Å². The fourth-order valence-corrected chi connectivity index (χ4v) is 7.62. The van der Waals surface area contributed by atoms with Crippen molar-refractivity contribution in [2.45, 2.75) is 6.04 Å². The highest BCUT2D eigenvalue weighted by Gasteiger charge is 2.23. The van der Waals surface area contributed by atoms with Gasteiger partial charge in [0.2, 0.25) is 5.96 Å². The van der Waals surface area contributed by atoms with E-state index in [0.717, 1.165) is 28.3 Å². The summed E-state index contributed by atoms with van der Waals surface area (Å²) in [5.41, 5.74) is 7.97. The molecule has 208 valence electrons. The highest BCUT2D eigenvalue weighted by Crippen LogP contribution is 2.38. The molecule has 44 heavy (non-hydrogen) atoms. The Labute approximate surface area is 259 Å². The summed E-state index contributed by atoms with van der Waals surface area (Å²) in [5.74, 6) is 0.824. The van der Waals surface area contributed by atoms with Crippen LogP contribution in [0.3, 0.4) is 0 Å². The second-order valence-corrected chi connectivity index (χ2v) is 12.4. The van der Waals surface area contributed by atoms with E-state index in [1.165, 1.54) is 47.6 Å². The molecule has 8 aromatic rings. The summed E-state index contributed by atoms with van der Waals surface area (Å²) in [6.07, 6.45) is 2.23. The van der Waals surface area contributed by atoms with E-state index in [1.807, 2.05) is 17.4 Å². The summed E-state index contributed by atoms with van der Waals surface area (Å²) < 4.78 is 4.94. The molecule has 6 aromatic carbocycles. The first-order valence-electron chi connectivity index (χ1n) is 14.9. The summed E-state index contributed by atoms with van der Waals surface area (Å²) in [7, 11) is 0. The lowest BCUT2D eigenvalue weighted by atomic mass is 10.0. The molecule has 0 spiro atoms. The van der Waals surface area contributed by atoms with Crippen LogP contribution in [-0.4, -0.2) is 10.5 Å². The number of aromatic nitrogens is 1. The van der Waals surface area contributed by atoms with E-state index in [2.05, 4.69) is 155 Å². The number of hydrogen-bond donors (Lipinski definition) is 1. The van der Waals surface area contributed by atoms with Crippen LogP contribution in [0.15, 0.2) is 157 Å². The molecule has 0 saturated heterocycles.